The molecule has 6 nitrogen and oxygen atoms in total. The molecule has 3 aromatic rings. The van der Waals surface area contributed by atoms with E-state index in [4.69, 9.17) is 14.4 Å². The highest BCUT2D eigenvalue weighted by Crippen LogP contribution is 2.30. The summed E-state index contributed by atoms with van der Waals surface area (Å²) in [4.78, 5) is 16.3. The Kier molecular flexibility index (Phi) is 4.91. The van der Waals surface area contributed by atoms with E-state index >= 15 is 0 Å². The number of nitrogens with one attached hydrogen (secondary N) is 1. The third-order valence-electron chi connectivity index (χ3n) is 3.54. The largest absolute Gasteiger partial charge is 0.497 e. The second kappa shape index (κ2) is 7.28. The summed E-state index contributed by atoms with van der Waals surface area (Å²) in [6.07, 6.45) is 0. The van der Waals surface area contributed by atoms with Gasteiger partial charge in [-0.25, -0.2) is 4.98 Å². The summed E-state index contributed by atoms with van der Waals surface area (Å²) in [6.45, 7) is 1.89. The number of carbonyl (C=O) groups excluding carboxylic acids is 1. The van der Waals surface area contributed by atoms with E-state index in [1.54, 1.807) is 13.2 Å². The number of ether oxygens (including phenoxy) is 1. The molecule has 1 aromatic heterocycles. The van der Waals surface area contributed by atoms with Gasteiger partial charge < -0.3 is 14.5 Å². The normalized spacial score (nSPS) is 10.4. The molecule has 0 aliphatic rings. The van der Waals surface area contributed by atoms with Gasteiger partial charge in [0.2, 0.25) is 11.8 Å². The number of methoxy groups -OCH3 is 1. The average Bonchev–Trinajstić information content (AvgIpc) is 3.05. The Morgan fingerprint density at radius 2 is 2.24 bits per heavy atom. The molecule has 1 amide bonds. The number of thioether (sulfide) groups is 1. The molecule has 0 radical (unpaired) electrons. The number of aromatic nitrogens is 1. The van der Waals surface area contributed by atoms with Crippen molar-refractivity contribution in [1.29, 1.82) is 5.26 Å². The van der Waals surface area contributed by atoms with E-state index < -0.39 is 0 Å². The van der Waals surface area contributed by atoms with Crippen molar-refractivity contribution >= 4 is 34.5 Å². The van der Waals surface area contributed by atoms with Crippen LogP contribution in [0.1, 0.15) is 5.56 Å². The van der Waals surface area contributed by atoms with Gasteiger partial charge in [0.1, 0.15) is 16.7 Å². The van der Waals surface area contributed by atoms with Crippen molar-refractivity contribution in [3.05, 3.63) is 42.0 Å². The maximum atomic E-state index is 11.8. The van der Waals surface area contributed by atoms with Gasteiger partial charge in [-0.15, -0.1) is 0 Å². The van der Waals surface area contributed by atoms with Gasteiger partial charge in [-0.3, -0.25) is 4.79 Å². The molecule has 0 atom stereocenters. The van der Waals surface area contributed by atoms with Crippen molar-refractivity contribution in [3.63, 3.8) is 0 Å². The summed E-state index contributed by atoms with van der Waals surface area (Å²) >= 11 is 0.896. The van der Waals surface area contributed by atoms with Gasteiger partial charge in [0.15, 0.2) is 5.58 Å². The van der Waals surface area contributed by atoms with Gasteiger partial charge in [0.25, 0.3) is 0 Å². The molecule has 7 heteroatoms. The van der Waals surface area contributed by atoms with Crippen LogP contribution in [0.25, 0.3) is 22.6 Å². The first-order valence-electron chi connectivity index (χ1n) is 7.47. The lowest BCUT2D eigenvalue weighted by Gasteiger charge is -2.04. The number of thiocyanates is 1. The number of rotatable bonds is 5. The van der Waals surface area contributed by atoms with Crippen LogP contribution in [0.5, 0.6) is 5.75 Å². The molecule has 126 valence electrons. The standard InChI is InChI=1S/C18H15N3O3S/c1-11-6-13(20-16(22)9-25-10-19)8-15-17(11)24-18(21-15)12-4-3-5-14(7-12)23-2/h3-8H,9H2,1-2H3,(H,20,22). The zero-order valence-electron chi connectivity index (χ0n) is 13.7. The van der Waals surface area contributed by atoms with E-state index in [0.717, 1.165) is 28.6 Å². The predicted octanol–water partition coefficient (Wildman–Crippen LogP) is 3.96. The molecule has 0 fully saturated rings. The van der Waals surface area contributed by atoms with Crippen LogP contribution in [-0.2, 0) is 4.79 Å². The first-order valence-corrected chi connectivity index (χ1v) is 8.45. The van der Waals surface area contributed by atoms with Crippen molar-refractivity contribution in [2.45, 2.75) is 6.92 Å². The van der Waals surface area contributed by atoms with Gasteiger partial charge in [0, 0.05) is 11.3 Å². The van der Waals surface area contributed by atoms with Gasteiger partial charge in [-0.05, 0) is 54.6 Å². The second-order valence-electron chi connectivity index (χ2n) is 5.32. The third kappa shape index (κ3) is 3.75. The summed E-state index contributed by atoms with van der Waals surface area (Å²) in [7, 11) is 1.61. The number of nitriles is 1. The zero-order chi connectivity index (χ0) is 17.8. The highest BCUT2D eigenvalue weighted by atomic mass is 32.2. The van der Waals surface area contributed by atoms with Gasteiger partial charge in [-0.2, -0.15) is 5.26 Å². The topological polar surface area (TPSA) is 88.1 Å². The molecular formula is C18H15N3O3S. The Balaban J connectivity index is 1.93. The maximum absolute atomic E-state index is 11.8. The van der Waals surface area contributed by atoms with Crippen molar-refractivity contribution < 1.29 is 13.9 Å². The SMILES string of the molecule is COc1cccc(-c2nc3cc(NC(=O)CSC#N)cc(C)c3o2)c1. The van der Waals surface area contributed by atoms with Crippen molar-refractivity contribution in [2.75, 3.05) is 18.2 Å². The molecule has 3 rings (SSSR count). The Morgan fingerprint density at radius 1 is 1.40 bits per heavy atom. The summed E-state index contributed by atoms with van der Waals surface area (Å²) in [5, 5.41) is 13.2. The van der Waals surface area contributed by atoms with E-state index in [1.807, 2.05) is 42.7 Å². The first-order chi connectivity index (χ1) is 12.1. The molecule has 0 aliphatic carbocycles. The van der Waals surface area contributed by atoms with Crippen molar-refractivity contribution in [2.24, 2.45) is 0 Å². The molecule has 0 spiro atoms. The summed E-state index contributed by atoms with van der Waals surface area (Å²) < 4.78 is 11.1. The van der Waals surface area contributed by atoms with E-state index in [1.165, 1.54) is 0 Å². The Bertz CT molecular complexity index is 975. The fraction of sp³-hybridized carbons (Fsp3) is 0.167. The Hall–Kier alpha value is -2.98. The summed E-state index contributed by atoms with van der Waals surface area (Å²) in [5.74, 6) is 1.06. The predicted molar refractivity (Wildman–Crippen MR) is 97.4 cm³/mol. The second-order valence-corrected chi connectivity index (χ2v) is 6.08. The zero-order valence-corrected chi connectivity index (χ0v) is 14.5. The molecular weight excluding hydrogens is 338 g/mol. The number of carbonyl (C=O) groups is 1. The van der Waals surface area contributed by atoms with Crippen molar-refractivity contribution in [3.8, 4) is 22.6 Å². The highest BCUT2D eigenvalue weighted by Gasteiger charge is 2.13. The smallest absolute Gasteiger partial charge is 0.235 e. The molecule has 0 bridgehead atoms. The Morgan fingerprint density at radius 3 is 3.00 bits per heavy atom. The Labute approximate surface area is 148 Å². The van der Waals surface area contributed by atoms with Gasteiger partial charge >= 0.3 is 0 Å². The highest BCUT2D eigenvalue weighted by molar-refractivity contribution is 8.04. The van der Waals surface area contributed by atoms with Crippen LogP contribution in [-0.4, -0.2) is 23.8 Å². The number of benzene rings is 2. The summed E-state index contributed by atoms with van der Waals surface area (Å²) in [6, 6.07) is 11.0. The minimum absolute atomic E-state index is 0.0848. The minimum atomic E-state index is -0.234. The first kappa shape index (κ1) is 16.9. The lowest BCUT2D eigenvalue weighted by atomic mass is 10.2. The maximum Gasteiger partial charge on any atom is 0.235 e. The molecule has 0 aliphatic heterocycles. The minimum Gasteiger partial charge on any atom is -0.497 e. The molecule has 25 heavy (non-hydrogen) atoms. The van der Waals surface area contributed by atoms with E-state index in [2.05, 4.69) is 10.3 Å². The molecule has 2 aromatic carbocycles. The number of amides is 1. The van der Waals surface area contributed by atoms with E-state index in [-0.39, 0.29) is 11.7 Å². The molecule has 0 unspecified atom stereocenters. The van der Waals surface area contributed by atoms with Crippen LogP contribution in [0.3, 0.4) is 0 Å². The number of fused-ring (bicyclic) bond motifs is 1. The van der Waals surface area contributed by atoms with Crippen LogP contribution < -0.4 is 10.1 Å². The molecule has 1 heterocycles. The molecule has 0 saturated carbocycles. The lowest BCUT2D eigenvalue weighted by molar-refractivity contribution is -0.113. The van der Waals surface area contributed by atoms with Crippen molar-refractivity contribution in [1.82, 2.24) is 4.98 Å². The number of oxazole rings is 1. The number of nitrogens with zero attached hydrogens (tertiary/aromatic N) is 2. The monoisotopic (exact) mass is 353 g/mol. The van der Waals surface area contributed by atoms with Crippen LogP contribution in [0.2, 0.25) is 0 Å². The third-order valence-corrected chi connectivity index (χ3v) is 4.08. The van der Waals surface area contributed by atoms with Crippen LogP contribution in [0.15, 0.2) is 40.8 Å². The average molecular weight is 353 g/mol. The van der Waals surface area contributed by atoms with Crippen LogP contribution in [0, 0.1) is 17.6 Å². The molecule has 1 N–H and O–H groups in total. The fourth-order valence-electron chi connectivity index (χ4n) is 2.45. The van der Waals surface area contributed by atoms with Gasteiger partial charge in [0.05, 0.1) is 12.9 Å². The van der Waals surface area contributed by atoms with Crippen LogP contribution >= 0.6 is 11.8 Å². The van der Waals surface area contributed by atoms with E-state index in [0.29, 0.717) is 22.7 Å². The quantitative estimate of drug-likeness (QED) is 0.698. The van der Waals surface area contributed by atoms with Crippen LogP contribution in [0.4, 0.5) is 5.69 Å². The van der Waals surface area contributed by atoms with E-state index in [9.17, 15) is 4.79 Å². The van der Waals surface area contributed by atoms with Gasteiger partial charge in [-0.1, -0.05) is 6.07 Å². The number of aryl methyl sites for hydroxylation is 1. The number of hydrogen-bond acceptors (Lipinski definition) is 6. The lowest BCUT2D eigenvalue weighted by Crippen LogP contribution is -2.13. The molecule has 0 saturated heterocycles. The fourth-order valence-corrected chi connectivity index (χ4v) is 2.71. The number of anilines is 1. The summed E-state index contributed by atoms with van der Waals surface area (Å²) in [5.41, 5.74) is 3.62. The number of hydrogen-bond donors (Lipinski definition) is 1.